The number of carbonyl (C=O) groups excluding carboxylic acids is 1. The number of benzene rings is 2. The van der Waals surface area contributed by atoms with Gasteiger partial charge < -0.3 is 0 Å². The topological polar surface area (TPSA) is 54.5 Å². The van der Waals surface area contributed by atoms with Crippen LogP contribution in [0.3, 0.4) is 0 Å². The number of hydrogen-bond acceptors (Lipinski definition) is 3. The highest BCUT2D eigenvalue weighted by Gasteiger charge is 2.32. The number of Topliss-reactive ketones (excluding diaryl/α,β-unsaturated/α-hetero) is 1. The molecule has 2 aromatic rings. The molecular formula is C16H15NO3S. The molecule has 0 aliphatic carbocycles. The molecule has 0 N–H and O–H groups in total. The largest absolute Gasteiger partial charge is 0.293 e. The molecule has 0 aromatic heterocycles. The maximum absolute atomic E-state index is 12.7. The van der Waals surface area contributed by atoms with E-state index in [9.17, 15) is 13.2 Å². The van der Waals surface area contributed by atoms with Crippen molar-refractivity contribution < 1.29 is 13.2 Å². The number of aryl methyl sites for hydroxylation is 1. The molecule has 0 radical (unpaired) electrons. The Morgan fingerprint density at radius 3 is 2.38 bits per heavy atom. The van der Waals surface area contributed by atoms with E-state index >= 15 is 0 Å². The van der Waals surface area contributed by atoms with Crippen LogP contribution in [-0.2, 0) is 16.6 Å². The van der Waals surface area contributed by atoms with E-state index in [0.29, 0.717) is 11.1 Å². The van der Waals surface area contributed by atoms with E-state index in [1.165, 1.54) is 4.31 Å². The fourth-order valence-electron chi connectivity index (χ4n) is 2.58. The van der Waals surface area contributed by atoms with Crippen LogP contribution in [0.5, 0.6) is 0 Å². The van der Waals surface area contributed by atoms with Gasteiger partial charge in [-0.05, 0) is 24.1 Å². The molecular weight excluding hydrogens is 286 g/mol. The van der Waals surface area contributed by atoms with Gasteiger partial charge in [0.15, 0.2) is 5.78 Å². The number of hydrogen-bond donors (Lipinski definition) is 0. The van der Waals surface area contributed by atoms with Crippen molar-refractivity contribution in [2.75, 3.05) is 6.54 Å². The lowest BCUT2D eigenvalue weighted by Crippen LogP contribution is -2.39. The normalized spacial score (nSPS) is 15.8. The zero-order chi connectivity index (χ0) is 15.0. The van der Waals surface area contributed by atoms with Gasteiger partial charge in [0.05, 0.1) is 11.4 Å². The highest BCUT2D eigenvalue weighted by atomic mass is 32.2. The molecule has 1 aliphatic heterocycles. The van der Waals surface area contributed by atoms with Gasteiger partial charge in [0.1, 0.15) is 0 Å². The molecule has 0 fully saturated rings. The molecule has 108 valence electrons. The Bertz CT molecular complexity index is 812. The minimum atomic E-state index is -3.66. The minimum Gasteiger partial charge on any atom is -0.293 e. The standard InChI is InChI=1S/C16H15NO3S/c1-12-6-2-5-9-16(12)21(19,20)17-10-13-7-3-4-8-14(13)15(18)11-17/h2-9H,10-11H2,1H3. The highest BCUT2D eigenvalue weighted by molar-refractivity contribution is 7.89. The Labute approximate surface area is 124 Å². The van der Waals surface area contributed by atoms with Crippen LogP contribution < -0.4 is 0 Å². The summed E-state index contributed by atoms with van der Waals surface area (Å²) in [4.78, 5) is 12.4. The van der Waals surface area contributed by atoms with Crippen molar-refractivity contribution in [3.8, 4) is 0 Å². The van der Waals surface area contributed by atoms with E-state index in [-0.39, 0.29) is 23.8 Å². The third kappa shape index (κ3) is 2.39. The summed E-state index contributed by atoms with van der Waals surface area (Å²) in [6.45, 7) is 1.89. The SMILES string of the molecule is Cc1ccccc1S(=O)(=O)N1CC(=O)c2ccccc2C1. The third-order valence-corrected chi connectivity index (χ3v) is 5.65. The summed E-state index contributed by atoms with van der Waals surface area (Å²) in [7, 11) is -3.66. The molecule has 0 bridgehead atoms. The average molecular weight is 301 g/mol. The number of rotatable bonds is 2. The molecule has 0 atom stereocenters. The first kappa shape index (κ1) is 14.0. The molecule has 2 aromatic carbocycles. The fraction of sp³-hybridized carbons (Fsp3) is 0.188. The van der Waals surface area contributed by atoms with E-state index in [1.54, 1.807) is 49.4 Å². The second kappa shape index (κ2) is 5.09. The van der Waals surface area contributed by atoms with Crippen molar-refractivity contribution in [1.82, 2.24) is 4.31 Å². The third-order valence-electron chi connectivity index (χ3n) is 3.70. The van der Waals surface area contributed by atoms with Crippen LogP contribution in [0.2, 0.25) is 0 Å². The van der Waals surface area contributed by atoms with Crippen molar-refractivity contribution in [2.45, 2.75) is 18.4 Å². The maximum Gasteiger partial charge on any atom is 0.244 e. The van der Waals surface area contributed by atoms with Crippen LogP contribution in [0.4, 0.5) is 0 Å². The molecule has 1 heterocycles. The molecule has 3 rings (SSSR count). The van der Waals surface area contributed by atoms with Crippen LogP contribution in [0, 0.1) is 6.92 Å². The van der Waals surface area contributed by atoms with Crippen molar-refractivity contribution in [2.24, 2.45) is 0 Å². The van der Waals surface area contributed by atoms with Crippen molar-refractivity contribution in [1.29, 1.82) is 0 Å². The van der Waals surface area contributed by atoms with Gasteiger partial charge in [0.2, 0.25) is 10.0 Å². The molecule has 4 nitrogen and oxygen atoms in total. The number of carbonyl (C=O) groups is 1. The van der Waals surface area contributed by atoms with E-state index in [0.717, 1.165) is 5.56 Å². The van der Waals surface area contributed by atoms with E-state index in [2.05, 4.69) is 0 Å². The van der Waals surface area contributed by atoms with E-state index in [4.69, 9.17) is 0 Å². The first-order valence-electron chi connectivity index (χ1n) is 6.67. The van der Waals surface area contributed by atoms with Crippen LogP contribution in [0.15, 0.2) is 53.4 Å². The lowest BCUT2D eigenvalue weighted by molar-refractivity contribution is 0.0949. The van der Waals surface area contributed by atoms with Crippen molar-refractivity contribution in [3.63, 3.8) is 0 Å². The second-order valence-electron chi connectivity index (χ2n) is 5.12. The first-order valence-corrected chi connectivity index (χ1v) is 8.11. The number of ketones is 1. The smallest absolute Gasteiger partial charge is 0.244 e. The summed E-state index contributed by atoms with van der Waals surface area (Å²) in [6.07, 6.45) is 0. The van der Waals surface area contributed by atoms with E-state index in [1.807, 2.05) is 6.07 Å². The Kier molecular flexibility index (Phi) is 3.39. The summed E-state index contributed by atoms with van der Waals surface area (Å²) in [5.41, 5.74) is 2.06. The highest BCUT2D eigenvalue weighted by Crippen LogP contribution is 2.26. The number of fused-ring (bicyclic) bond motifs is 1. The summed E-state index contributed by atoms with van der Waals surface area (Å²) >= 11 is 0. The van der Waals surface area contributed by atoms with Crippen molar-refractivity contribution >= 4 is 15.8 Å². The first-order chi connectivity index (χ1) is 10.00. The Balaban J connectivity index is 2.03. The van der Waals surface area contributed by atoms with E-state index < -0.39 is 10.0 Å². The molecule has 0 saturated heterocycles. The molecule has 1 aliphatic rings. The predicted octanol–water partition coefficient (Wildman–Crippen LogP) is 2.38. The number of sulfonamides is 1. The van der Waals surface area contributed by atoms with Gasteiger partial charge >= 0.3 is 0 Å². The Hall–Kier alpha value is -1.98. The van der Waals surface area contributed by atoms with Crippen LogP contribution in [0.1, 0.15) is 21.5 Å². The van der Waals surface area contributed by atoms with Gasteiger partial charge in [-0.15, -0.1) is 0 Å². The van der Waals surface area contributed by atoms with Gasteiger partial charge in [0.25, 0.3) is 0 Å². The molecule has 0 amide bonds. The molecule has 21 heavy (non-hydrogen) atoms. The predicted molar refractivity (Wildman–Crippen MR) is 79.5 cm³/mol. The average Bonchev–Trinajstić information content (AvgIpc) is 2.47. The van der Waals surface area contributed by atoms with Crippen LogP contribution in [-0.4, -0.2) is 25.1 Å². The summed E-state index contributed by atoms with van der Waals surface area (Å²) in [5, 5.41) is 0. The monoisotopic (exact) mass is 301 g/mol. The molecule has 0 saturated carbocycles. The van der Waals surface area contributed by atoms with Crippen molar-refractivity contribution in [3.05, 3.63) is 65.2 Å². The Morgan fingerprint density at radius 1 is 0.952 bits per heavy atom. The van der Waals surface area contributed by atoms with Gasteiger partial charge in [-0.2, -0.15) is 4.31 Å². The lowest BCUT2D eigenvalue weighted by atomic mass is 10.0. The summed E-state index contributed by atoms with van der Waals surface area (Å²) in [5.74, 6) is -0.158. The quantitative estimate of drug-likeness (QED) is 0.856. The Morgan fingerprint density at radius 2 is 1.62 bits per heavy atom. The zero-order valence-corrected chi connectivity index (χ0v) is 12.4. The van der Waals surface area contributed by atoms with Crippen LogP contribution >= 0.6 is 0 Å². The van der Waals surface area contributed by atoms with Gasteiger partial charge in [-0.25, -0.2) is 8.42 Å². The van der Waals surface area contributed by atoms with Gasteiger partial charge in [0, 0.05) is 12.1 Å². The summed E-state index contributed by atoms with van der Waals surface area (Å²) in [6, 6.07) is 14.0. The maximum atomic E-state index is 12.7. The second-order valence-corrected chi connectivity index (χ2v) is 7.03. The summed E-state index contributed by atoms with van der Waals surface area (Å²) < 4.78 is 26.7. The molecule has 5 heteroatoms. The number of nitrogens with zero attached hydrogens (tertiary/aromatic N) is 1. The van der Waals surface area contributed by atoms with Crippen LogP contribution in [0.25, 0.3) is 0 Å². The fourth-order valence-corrected chi connectivity index (χ4v) is 4.18. The minimum absolute atomic E-state index is 0.103. The molecule has 0 unspecified atom stereocenters. The molecule has 0 spiro atoms. The lowest BCUT2D eigenvalue weighted by Gasteiger charge is -2.27. The zero-order valence-electron chi connectivity index (χ0n) is 11.6. The van der Waals surface area contributed by atoms with Gasteiger partial charge in [-0.1, -0.05) is 42.5 Å². The van der Waals surface area contributed by atoms with Gasteiger partial charge in [-0.3, -0.25) is 4.79 Å².